The summed E-state index contributed by atoms with van der Waals surface area (Å²) in [7, 11) is 0. The molecule has 0 radical (unpaired) electrons. The van der Waals surface area contributed by atoms with Crippen molar-refractivity contribution in [2.75, 3.05) is 5.32 Å². The van der Waals surface area contributed by atoms with E-state index in [0.717, 1.165) is 12.1 Å². The van der Waals surface area contributed by atoms with E-state index in [2.05, 4.69) is 5.32 Å². The van der Waals surface area contributed by atoms with Crippen LogP contribution in [0.4, 0.5) is 18.9 Å². The van der Waals surface area contributed by atoms with Crippen LogP contribution in [0.2, 0.25) is 5.02 Å². The molecule has 1 aromatic rings. The number of amides is 1. The van der Waals surface area contributed by atoms with Crippen molar-refractivity contribution in [2.24, 2.45) is 11.7 Å². The van der Waals surface area contributed by atoms with Crippen LogP contribution in [0.1, 0.15) is 24.8 Å². The van der Waals surface area contributed by atoms with E-state index in [-0.39, 0.29) is 22.7 Å². The first-order valence-corrected chi connectivity index (χ1v) is 6.58. The number of anilines is 1. The van der Waals surface area contributed by atoms with E-state index in [1.807, 2.05) is 0 Å². The van der Waals surface area contributed by atoms with Crippen LogP contribution >= 0.6 is 11.6 Å². The number of nitrogens with two attached hydrogens (primary N) is 1. The zero-order valence-corrected chi connectivity index (χ0v) is 11.3. The molecule has 0 spiro atoms. The van der Waals surface area contributed by atoms with E-state index in [9.17, 15) is 18.0 Å². The number of carbonyl (C=O) groups excluding carboxylic acids is 1. The van der Waals surface area contributed by atoms with E-state index in [1.54, 1.807) is 0 Å². The molecule has 0 aromatic heterocycles. The van der Waals surface area contributed by atoms with Gasteiger partial charge in [-0.1, -0.05) is 11.6 Å². The van der Waals surface area contributed by atoms with E-state index in [0.29, 0.717) is 19.3 Å². The Hall–Kier alpha value is -1.27. The summed E-state index contributed by atoms with van der Waals surface area (Å²) >= 11 is 5.58. The lowest BCUT2D eigenvalue weighted by Crippen LogP contribution is -2.24. The van der Waals surface area contributed by atoms with Crippen molar-refractivity contribution in [3.05, 3.63) is 28.8 Å². The van der Waals surface area contributed by atoms with Gasteiger partial charge in [0, 0.05) is 17.0 Å². The molecule has 0 heterocycles. The first-order valence-electron chi connectivity index (χ1n) is 6.20. The van der Waals surface area contributed by atoms with E-state index < -0.39 is 17.6 Å². The Morgan fingerprint density at radius 3 is 2.60 bits per heavy atom. The molecule has 2 atom stereocenters. The fraction of sp³-hybridized carbons (Fsp3) is 0.462. The number of halogens is 4. The van der Waals surface area contributed by atoms with E-state index in [4.69, 9.17) is 17.3 Å². The highest BCUT2D eigenvalue weighted by Gasteiger charge is 2.35. The average molecular weight is 307 g/mol. The van der Waals surface area contributed by atoms with Gasteiger partial charge in [-0.2, -0.15) is 13.2 Å². The molecule has 0 bridgehead atoms. The lowest BCUT2D eigenvalue weighted by atomic mass is 10.1. The summed E-state index contributed by atoms with van der Waals surface area (Å²) in [5.74, 6) is -0.757. The maximum atomic E-state index is 12.9. The average Bonchev–Trinajstić information content (AvgIpc) is 2.77. The number of hydrogen-bond donors (Lipinski definition) is 2. The molecule has 1 amide bonds. The SMILES string of the molecule is NC1CCC(C(=O)Nc2ccc(Cl)cc2C(F)(F)F)C1. The molecule has 110 valence electrons. The number of benzene rings is 1. The minimum Gasteiger partial charge on any atom is -0.328 e. The molecule has 0 aliphatic heterocycles. The highest BCUT2D eigenvalue weighted by atomic mass is 35.5. The van der Waals surface area contributed by atoms with Gasteiger partial charge in [-0.3, -0.25) is 4.79 Å². The molecule has 20 heavy (non-hydrogen) atoms. The normalized spacial score (nSPS) is 22.9. The molecule has 1 aromatic carbocycles. The van der Waals surface area contributed by atoms with Crippen LogP contribution in [-0.4, -0.2) is 11.9 Å². The molecule has 1 fully saturated rings. The molecule has 2 rings (SSSR count). The zero-order chi connectivity index (χ0) is 14.9. The second-order valence-corrected chi connectivity index (χ2v) is 5.38. The van der Waals surface area contributed by atoms with E-state index in [1.165, 1.54) is 6.07 Å². The zero-order valence-electron chi connectivity index (χ0n) is 10.5. The third kappa shape index (κ3) is 3.43. The maximum Gasteiger partial charge on any atom is 0.418 e. The summed E-state index contributed by atoms with van der Waals surface area (Å²) in [6.07, 6.45) is -2.76. The van der Waals surface area contributed by atoms with Gasteiger partial charge in [0.1, 0.15) is 0 Å². The summed E-state index contributed by atoms with van der Waals surface area (Å²) < 4.78 is 38.7. The lowest BCUT2D eigenvalue weighted by Gasteiger charge is -2.16. The number of rotatable bonds is 2. The van der Waals surface area contributed by atoms with Crippen molar-refractivity contribution in [1.29, 1.82) is 0 Å². The molecule has 3 N–H and O–H groups in total. The van der Waals surface area contributed by atoms with Gasteiger partial charge < -0.3 is 11.1 Å². The third-order valence-electron chi connectivity index (χ3n) is 3.39. The predicted octanol–water partition coefficient (Wildman–Crippen LogP) is 3.42. The molecule has 0 saturated heterocycles. The summed E-state index contributed by atoms with van der Waals surface area (Å²) in [5, 5.41) is 2.30. The van der Waals surface area contributed by atoms with Crippen molar-refractivity contribution in [3.8, 4) is 0 Å². The molecule has 1 aliphatic rings. The Morgan fingerprint density at radius 2 is 2.05 bits per heavy atom. The monoisotopic (exact) mass is 306 g/mol. The third-order valence-corrected chi connectivity index (χ3v) is 3.62. The van der Waals surface area contributed by atoms with Crippen molar-refractivity contribution in [3.63, 3.8) is 0 Å². The molecule has 7 heteroatoms. The molecule has 3 nitrogen and oxygen atoms in total. The predicted molar refractivity (Wildman–Crippen MR) is 70.4 cm³/mol. The molecule has 1 saturated carbocycles. The Labute approximate surface area is 119 Å². The van der Waals surface area contributed by atoms with Gasteiger partial charge >= 0.3 is 6.18 Å². The fourth-order valence-corrected chi connectivity index (χ4v) is 2.52. The first kappa shape index (κ1) is 15.1. The second kappa shape index (κ2) is 5.61. The minimum atomic E-state index is -4.57. The quantitative estimate of drug-likeness (QED) is 0.879. The van der Waals surface area contributed by atoms with Gasteiger partial charge in [0.05, 0.1) is 11.3 Å². The minimum absolute atomic E-state index is 0.0294. The Bertz CT molecular complexity index is 519. The van der Waals surface area contributed by atoms with Crippen molar-refractivity contribution < 1.29 is 18.0 Å². The van der Waals surface area contributed by atoms with Crippen LogP contribution in [0, 0.1) is 5.92 Å². The summed E-state index contributed by atoms with van der Waals surface area (Å²) in [6.45, 7) is 0. The molecular weight excluding hydrogens is 293 g/mol. The number of nitrogens with one attached hydrogen (secondary N) is 1. The lowest BCUT2D eigenvalue weighted by molar-refractivity contribution is -0.137. The number of alkyl halides is 3. The van der Waals surface area contributed by atoms with E-state index >= 15 is 0 Å². The number of carbonyl (C=O) groups is 1. The standard InChI is InChI=1S/C13H14ClF3N2O/c14-8-2-4-11(10(6-8)13(15,16)17)19-12(20)7-1-3-9(18)5-7/h2,4,6-7,9H,1,3,5,18H2,(H,19,20). The van der Waals surface area contributed by atoms with Crippen molar-refractivity contribution in [1.82, 2.24) is 0 Å². The summed E-state index contributed by atoms with van der Waals surface area (Å²) in [5.41, 5.74) is 4.48. The summed E-state index contributed by atoms with van der Waals surface area (Å²) in [6, 6.07) is 3.22. The highest BCUT2D eigenvalue weighted by molar-refractivity contribution is 6.30. The Morgan fingerprint density at radius 1 is 1.35 bits per heavy atom. The van der Waals surface area contributed by atoms with Crippen molar-refractivity contribution >= 4 is 23.2 Å². The smallest absolute Gasteiger partial charge is 0.328 e. The van der Waals surface area contributed by atoms with Gasteiger partial charge in [-0.25, -0.2) is 0 Å². The number of hydrogen-bond acceptors (Lipinski definition) is 2. The molecule has 1 aliphatic carbocycles. The van der Waals surface area contributed by atoms with Crippen LogP contribution < -0.4 is 11.1 Å². The fourth-order valence-electron chi connectivity index (χ4n) is 2.35. The van der Waals surface area contributed by atoms with Gasteiger partial charge in [0.25, 0.3) is 0 Å². The second-order valence-electron chi connectivity index (χ2n) is 4.95. The molecular formula is C13H14ClF3N2O. The Kier molecular flexibility index (Phi) is 4.25. The maximum absolute atomic E-state index is 12.9. The largest absolute Gasteiger partial charge is 0.418 e. The molecule has 2 unspecified atom stereocenters. The van der Waals surface area contributed by atoms with Crippen LogP contribution in [-0.2, 0) is 11.0 Å². The van der Waals surface area contributed by atoms with Crippen LogP contribution in [0.3, 0.4) is 0 Å². The van der Waals surface area contributed by atoms with Crippen LogP contribution in [0.15, 0.2) is 18.2 Å². The summed E-state index contributed by atoms with van der Waals surface area (Å²) in [4.78, 5) is 12.0. The van der Waals surface area contributed by atoms with Crippen LogP contribution in [0.25, 0.3) is 0 Å². The Balaban J connectivity index is 2.19. The van der Waals surface area contributed by atoms with Gasteiger partial charge in [-0.15, -0.1) is 0 Å². The van der Waals surface area contributed by atoms with Crippen molar-refractivity contribution in [2.45, 2.75) is 31.5 Å². The van der Waals surface area contributed by atoms with Gasteiger partial charge in [-0.05, 0) is 37.5 Å². The topological polar surface area (TPSA) is 55.1 Å². The van der Waals surface area contributed by atoms with Gasteiger partial charge in [0.2, 0.25) is 5.91 Å². The van der Waals surface area contributed by atoms with Gasteiger partial charge in [0.15, 0.2) is 0 Å². The first-order chi connectivity index (χ1) is 9.27. The van der Waals surface area contributed by atoms with Crippen LogP contribution in [0.5, 0.6) is 0 Å². The highest BCUT2D eigenvalue weighted by Crippen LogP contribution is 2.37.